The van der Waals surface area contributed by atoms with Crippen molar-refractivity contribution < 1.29 is 17.6 Å². The summed E-state index contributed by atoms with van der Waals surface area (Å²) in [5.41, 5.74) is 0.906. The molecule has 1 aliphatic carbocycles. The van der Waals surface area contributed by atoms with Crippen molar-refractivity contribution >= 4 is 27.2 Å². The predicted molar refractivity (Wildman–Crippen MR) is 71.6 cm³/mol. The number of carbonyl (C=O) groups is 1. The zero-order valence-corrected chi connectivity index (χ0v) is 11.8. The number of sulfone groups is 1. The number of ketones is 1. The molecule has 2 rings (SSSR count). The van der Waals surface area contributed by atoms with Crippen LogP contribution < -0.4 is 0 Å². The predicted octanol–water partition coefficient (Wildman–Crippen LogP) is 2.57. The minimum absolute atomic E-state index is 0.210. The summed E-state index contributed by atoms with van der Waals surface area (Å²) >= 11 is 5.78. The highest BCUT2D eigenvalue weighted by atomic mass is 35.5. The fraction of sp³-hybridized carbons (Fsp3) is 0.462. The summed E-state index contributed by atoms with van der Waals surface area (Å²) in [5.74, 6) is -0.703. The summed E-state index contributed by atoms with van der Waals surface area (Å²) in [5, 5.41) is -0.590. The summed E-state index contributed by atoms with van der Waals surface area (Å²) in [6, 6.07) is 5.55. The van der Waals surface area contributed by atoms with E-state index < -0.39 is 21.1 Å². The van der Waals surface area contributed by atoms with Crippen LogP contribution in [0.3, 0.4) is 0 Å². The molecule has 0 spiro atoms. The molecule has 19 heavy (non-hydrogen) atoms. The Labute approximate surface area is 116 Å². The normalized spacial score (nSPS) is 23.8. The van der Waals surface area contributed by atoms with Crippen LogP contribution in [0.2, 0.25) is 5.02 Å². The van der Waals surface area contributed by atoms with E-state index in [1.165, 1.54) is 0 Å². The summed E-state index contributed by atoms with van der Waals surface area (Å²) in [6.45, 7) is 0. The number of carbonyl (C=O) groups excluding carboxylic acids is 1. The van der Waals surface area contributed by atoms with Gasteiger partial charge < -0.3 is 0 Å². The van der Waals surface area contributed by atoms with E-state index in [-0.39, 0.29) is 18.1 Å². The smallest absolute Gasteiger partial charge is 0.191 e. The SMILES string of the molecule is O=C1CCC(Cc2ccc(Cl)cc2)C1S(=O)(=O)CF. The van der Waals surface area contributed by atoms with Crippen molar-refractivity contribution in [3.05, 3.63) is 34.9 Å². The highest BCUT2D eigenvalue weighted by molar-refractivity contribution is 7.92. The number of hydrogen-bond acceptors (Lipinski definition) is 3. The fourth-order valence-corrected chi connectivity index (χ4v) is 4.18. The van der Waals surface area contributed by atoms with Crippen LogP contribution in [-0.2, 0) is 21.1 Å². The molecule has 0 N–H and O–H groups in total. The second-order valence-corrected chi connectivity index (χ2v) is 7.28. The maximum atomic E-state index is 12.6. The minimum Gasteiger partial charge on any atom is -0.298 e. The maximum Gasteiger partial charge on any atom is 0.191 e. The first-order valence-corrected chi connectivity index (χ1v) is 8.08. The van der Waals surface area contributed by atoms with Gasteiger partial charge in [0.25, 0.3) is 0 Å². The second-order valence-electron chi connectivity index (χ2n) is 4.79. The first kappa shape index (κ1) is 14.5. The highest BCUT2D eigenvalue weighted by Crippen LogP contribution is 2.32. The Morgan fingerprint density at radius 1 is 1.26 bits per heavy atom. The van der Waals surface area contributed by atoms with Gasteiger partial charge in [0, 0.05) is 11.4 Å². The van der Waals surface area contributed by atoms with Crippen molar-refractivity contribution in [2.45, 2.75) is 24.5 Å². The molecule has 1 aromatic carbocycles. The first-order valence-electron chi connectivity index (χ1n) is 5.99. The zero-order valence-electron chi connectivity index (χ0n) is 10.2. The third-order valence-corrected chi connectivity index (χ3v) is 5.43. The molecule has 1 aliphatic rings. The molecule has 0 radical (unpaired) electrons. The fourth-order valence-electron chi connectivity index (χ4n) is 2.58. The Hall–Kier alpha value is -0.940. The van der Waals surface area contributed by atoms with Gasteiger partial charge in [0.15, 0.2) is 21.6 Å². The van der Waals surface area contributed by atoms with Crippen LogP contribution in [-0.4, -0.2) is 25.5 Å². The quantitative estimate of drug-likeness (QED) is 0.859. The molecule has 104 valence electrons. The Morgan fingerprint density at radius 3 is 2.47 bits per heavy atom. The zero-order chi connectivity index (χ0) is 14.0. The van der Waals surface area contributed by atoms with Crippen LogP contribution in [0.1, 0.15) is 18.4 Å². The van der Waals surface area contributed by atoms with Crippen molar-refractivity contribution in [2.24, 2.45) is 5.92 Å². The Bertz CT molecular complexity index is 568. The molecule has 3 nitrogen and oxygen atoms in total. The van der Waals surface area contributed by atoms with Crippen molar-refractivity contribution in [3.63, 3.8) is 0 Å². The van der Waals surface area contributed by atoms with Gasteiger partial charge in [0.1, 0.15) is 5.25 Å². The molecule has 1 aromatic rings. The summed E-state index contributed by atoms with van der Waals surface area (Å²) < 4.78 is 35.9. The van der Waals surface area contributed by atoms with Gasteiger partial charge in [-0.1, -0.05) is 23.7 Å². The summed E-state index contributed by atoms with van der Waals surface area (Å²) in [7, 11) is -3.97. The van der Waals surface area contributed by atoms with Crippen LogP contribution in [0.5, 0.6) is 0 Å². The molecular formula is C13H14ClFO3S. The van der Waals surface area contributed by atoms with Crippen molar-refractivity contribution in [1.82, 2.24) is 0 Å². The van der Waals surface area contributed by atoms with E-state index in [1.807, 2.05) is 0 Å². The van der Waals surface area contributed by atoms with Crippen LogP contribution >= 0.6 is 11.6 Å². The molecule has 1 fully saturated rings. The lowest BCUT2D eigenvalue weighted by atomic mass is 9.98. The third-order valence-electron chi connectivity index (χ3n) is 3.46. The average molecular weight is 305 g/mol. The summed E-state index contributed by atoms with van der Waals surface area (Å²) in [4.78, 5) is 11.7. The van der Waals surface area contributed by atoms with E-state index in [2.05, 4.69) is 0 Å². The van der Waals surface area contributed by atoms with E-state index in [0.717, 1.165) is 5.56 Å². The number of alkyl halides is 1. The maximum absolute atomic E-state index is 12.6. The topological polar surface area (TPSA) is 51.2 Å². The molecule has 0 bridgehead atoms. The lowest BCUT2D eigenvalue weighted by molar-refractivity contribution is -0.117. The first-order chi connectivity index (χ1) is 8.94. The van der Waals surface area contributed by atoms with Crippen LogP contribution in [0.25, 0.3) is 0 Å². The lowest BCUT2D eigenvalue weighted by Gasteiger charge is -2.17. The minimum atomic E-state index is -3.97. The van der Waals surface area contributed by atoms with Gasteiger partial charge in [0.05, 0.1) is 0 Å². The number of benzene rings is 1. The van der Waals surface area contributed by atoms with Gasteiger partial charge in [-0.25, -0.2) is 12.8 Å². The second kappa shape index (κ2) is 5.59. The molecule has 0 saturated heterocycles. The van der Waals surface area contributed by atoms with Crippen molar-refractivity contribution in [1.29, 1.82) is 0 Å². The molecule has 1 saturated carbocycles. The molecule has 6 heteroatoms. The number of Topliss-reactive ketones (excluding diaryl/α,β-unsaturated/α-hetero) is 1. The Morgan fingerprint density at radius 2 is 1.89 bits per heavy atom. The molecule has 2 unspecified atom stereocenters. The van der Waals surface area contributed by atoms with Crippen LogP contribution in [0.15, 0.2) is 24.3 Å². The monoisotopic (exact) mass is 304 g/mol. The van der Waals surface area contributed by atoms with E-state index in [4.69, 9.17) is 11.6 Å². The van der Waals surface area contributed by atoms with Crippen LogP contribution in [0.4, 0.5) is 4.39 Å². The van der Waals surface area contributed by atoms with Crippen molar-refractivity contribution in [3.8, 4) is 0 Å². The highest BCUT2D eigenvalue weighted by Gasteiger charge is 2.43. The van der Waals surface area contributed by atoms with E-state index in [1.54, 1.807) is 24.3 Å². The molecule has 0 amide bonds. The molecule has 2 atom stereocenters. The van der Waals surface area contributed by atoms with Gasteiger partial charge in [0.2, 0.25) is 0 Å². The Kier molecular flexibility index (Phi) is 4.26. The van der Waals surface area contributed by atoms with Gasteiger partial charge >= 0.3 is 0 Å². The van der Waals surface area contributed by atoms with Gasteiger partial charge in [-0.15, -0.1) is 0 Å². The summed E-state index contributed by atoms with van der Waals surface area (Å²) in [6.07, 6.45) is 1.15. The van der Waals surface area contributed by atoms with Crippen LogP contribution in [0, 0.1) is 5.92 Å². The standard InChI is InChI=1S/C13H14ClFO3S/c14-11-4-1-9(2-5-11)7-10-3-6-12(16)13(10)19(17,18)8-15/h1-2,4-5,10,13H,3,6-8H2. The van der Waals surface area contributed by atoms with E-state index in [0.29, 0.717) is 17.9 Å². The third kappa shape index (κ3) is 3.15. The number of rotatable bonds is 4. The van der Waals surface area contributed by atoms with Gasteiger partial charge in [-0.3, -0.25) is 4.79 Å². The Balaban J connectivity index is 2.20. The molecular weight excluding hydrogens is 291 g/mol. The van der Waals surface area contributed by atoms with Gasteiger partial charge in [-0.05, 0) is 36.5 Å². The van der Waals surface area contributed by atoms with Crippen molar-refractivity contribution in [2.75, 3.05) is 6.01 Å². The van der Waals surface area contributed by atoms with E-state index in [9.17, 15) is 17.6 Å². The lowest BCUT2D eigenvalue weighted by Crippen LogP contribution is -2.33. The average Bonchev–Trinajstić information content (AvgIpc) is 2.74. The largest absolute Gasteiger partial charge is 0.298 e. The van der Waals surface area contributed by atoms with Gasteiger partial charge in [-0.2, -0.15) is 0 Å². The number of hydrogen-bond donors (Lipinski definition) is 0. The number of halogens is 2. The molecule has 0 heterocycles. The van der Waals surface area contributed by atoms with E-state index >= 15 is 0 Å². The molecule has 0 aromatic heterocycles. The molecule has 0 aliphatic heterocycles.